The van der Waals surface area contributed by atoms with Crippen molar-refractivity contribution in [3.63, 3.8) is 0 Å². The quantitative estimate of drug-likeness (QED) is 0.586. The van der Waals surface area contributed by atoms with Crippen molar-refractivity contribution in [2.24, 2.45) is 0 Å². The molecule has 5 heteroatoms. The molecule has 1 aliphatic carbocycles. The van der Waals surface area contributed by atoms with Crippen LogP contribution in [0, 0.1) is 11.6 Å². The molecule has 0 spiro atoms. The zero-order valence-corrected chi connectivity index (χ0v) is 13.8. The highest BCUT2D eigenvalue weighted by Gasteiger charge is 2.35. The summed E-state index contributed by atoms with van der Waals surface area (Å²) in [4.78, 5) is 24.2. The Labute approximate surface area is 143 Å². The molecule has 0 bridgehead atoms. The minimum Gasteiger partial charge on any atom is -0.299 e. The van der Waals surface area contributed by atoms with Crippen LogP contribution >= 0.6 is 11.6 Å². The number of hydrogen-bond acceptors (Lipinski definition) is 2. The van der Waals surface area contributed by atoms with E-state index in [0.717, 1.165) is 5.56 Å². The van der Waals surface area contributed by atoms with Gasteiger partial charge < -0.3 is 0 Å². The lowest BCUT2D eigenvalue weighted by Gasteiger charge is -2.15. The van der Waals surface area contributed by atoms with Crippen LogP contribution in [0.5, 0.6) is 0 Å². The molecule has 3 rings (SSSR count). The minimum atomic E-state index is -1.11. The number of ketones is 2. The minimum absolute atomic E-state index is 0.0543. The standard InChI is InChI=1S/C19H15ClF2O2/c1-2-10-3-4-11(12-5-6-14(20)19(22)18(12)21)9-13(10)17-15(23)7-8-16(17)24/h3-6,9,17H,2,7-8H2,1H3. The Bertz CT molecular complexity index is 830. The highest BCUT2D eigenvalue weighted by molar-refractivity contribution is 6.30. The Hall–Kier alpha value is -2.07. The smallest absolute Gasteiger partial charge is 0.178 e. The van der Waals surface area contributed by atoms with Gasteiger partial charge in [0, 0.05) is 18.4 Å². The number of carbonyl (C=O) groups excluding carboxylic acids is 2. The van der Waals surface area contributed by atoms with E-state index < -0.39 is 17.6 Å². The van der Waals surface area contributed by atoms with E-state index >= 15 is 0 Å². The number of rotatable bonds is 3. The van der Waals surface area contributed by atoms with Crippen molar-refractivity contribution in [1.82, 2.24) is 0 Å². The predicted octanol–water partition coefficient (Wildman–Crippen LogP) is 4.86. The maximum atomic E-state index is 14.2. The molecule has 24 heavy (non-hydrogen) atoms. The van der Waals surface area contributed by atoms with Crippen LogP contribution in [0.2, 0.25) is 5.02 Å². The first-order chi connectivity index (χ1) is 11.4. The molecule has 0 aliphatic heterocycles. The van der Waals surface area contributed by atoms with Gasteiger partial charge in [0.15, 0.2) is 11.6 Å². The van der Waals surface area contributed by atoms with Crippen LogP contribution in [0.3, 0.4) is 0 Å². The van der Waals surface area contributed by atoms with Gasteiger partial charge in [0.05, 0.1) is 5.02 Å². The largest absolute Gasteiger partial charge is 0.299 e. The van der Waals surface area contributed by atoms with Crippen LogP contribution < -0.4 is 0 Å². The molecule has 1 saturated carbocycles. The normalized spacial score (nSPS) is 15.3. The summed E-state index contributed by atoms with van der Waals surface area (Å²) in [7, 11) is 0. The van der Waals surface area contributed by atoms with Gasteiger partial charge in [0.2, 0.25) is 0 Å². The summed E-state index contributed by atoms with van der Waals surface area (Å²) in [6, 6.07) is 7.72. The average Bonchev–Trinajstić information content (AvgIpc) is 2.91. The highest BCUT2D eigenvalue weighted by atomic mass is 35.5. The van der Waals surface area contributed by atoms with Gasteiger partial charge >= 0.3 is 0 Å². The molecule has 1 fully saturated rings. The van der Waals surface area contributed by atoms with E-state index in [4.69, 9.17) is 11.6 Å². The lowest BCUT2D eigenvalue weighted by Crippen LogP contribution is -2.14. The van der Waals surface area contributed by atoms with E-state index in [-0.39, 0.29) is 35.0 Å². The molecule has 0 amide bonds. The number of carbonyl (C=O) groups is 2. The second kappa shape index (κ2) is 6.44. The summed E-state index contributed by atoms with van der Waals surface area (Å²) in [5, 5.41) is -0.289. The summed E-state index contributed by atoms with van der Waals surface area (Å²) in [6.45, 7) is 1.92. The van der Waals surface area contributed by atoms with Gasteiger partial charge in [-0.25, -0.2) is 8.78 Å². The van der Waals surface area contributed by atoms with Crippen LogP contribution in [-0.4, -0.2) is 11.6 Å². The molecule has 1 aliphatic rings. The Balaban J connectivity index is 2.15. The zero-order chi connectivity index (χ0) is 17.4. The first-order valence-electron chi connectivity index (χ1n) is 7.76. The lowest BCUT2D eigenvalue weighted by atomic mass is 9.87. The molecule has 2 aromatic carbocycles. The second-order valence-electron chi connectivity index (χ2n) is 5.86. The second-order valence-corrected chi connectivity index (χ2v) is 6.26. The SMILES string of the molecule is CCc1ccc(-c2ccc(Cl)c(F)c2F)cc1C1C(=O)CCC1=O. The number of aryl methyl sites for hydroxylation is 1. The maximum Gasteiger partial charge on any atom is 0.178 e. The van der Waals surface area contributed by atoms with Gasteiger partial charge in [-0.3, -0.25) is 9.59 Å². The summed E-state index contributed by atoms with van der Waals surface area (Å²) in [6.07, 6.45) is 1.12. The fraction of sp³-hybridized carbons (Fsp3) is 0.263. The number of Topliss-reactive ketones (excluding diaryl/α,β-unsaturated/α-hetero) is 2. The van der Waals surface area contributed by atoms with Gasteiger partial charge in [-0.05, 0) is 41.3 Å². The van der Waals surface area contributed by atoms with Gasteiger partial charge in [0.25, 0.3) is 0 Å². The summed E-state index contributed by atoms with van der Waals surface area (Å²) < 4.78 is 27.9. The fourth-order valence-electron chi connectivity index (χ4n) is 3.16. The first-order valence-corrected chi connectivity index (χ1v) is 8.14. The van der Waals surface area contributed by atoms with Crippen molar-refractivity contribution in [3.8, 4) is 11.1 Å². The summed E-state index contributed by atoms with van der Waals surface area (Å²) in [5.74, 6) is -3.17. The topological polar surface area (TPSA) is 34.1 Å². The van der Waals surface area contributed by atoms with Crippen molar-refractivity contribution < 1.29 is 18.4 Å². The highest BCUT2D eigenvalue weighted by Crippen LogP contribution is 2.35. The van der Waals surface area contributed by atoms with E-state index in [9.17, 15) is 18.4 Å². The third-order valence-corrected chi connectivity index (χ3v) is 4.74. The van der Waals surface area contributed by atoms with Crippen molar-refractivity contribution in [3.05, 3.63) is 58.1 Å². The van der Waals surface area contributed by atoms with Crippen LogP contribution in [0.25, 0.3) is 11.1 Å². The van der Waals surface area contributed by atoms with Gasteiger partial charge in [0.1, 0.15) is 17.5 Å². The molecule has 2 aromatic rings. The molecule has 0 saturated heterocycles. The summed E-state index contributed by atoms with van der Waals surface area (Å²) in [5.41, 5.74) is 1.93. The predicted molar refractivity (Wildman–Crippen MR) is 88.2 cm³/mol. The third-order valence-electron chi connectivity index (χ3n) is 4.45. The van der Waals surface area contributed by atoms with Crippen molar-refractivity contribution in [1.29, 1.82) is 0 Å². The molecule has 0 aromatic heterocycles. The van der Waals surface area contributed by atoms with E-state index in [2.05, 4.69) is 0 Å². The molecular weight excluding hydrogens is 334 g/mol. The average molecular weight is 349 g/mol. The molecule has 2 nitrogen and oxygen atoms in total. The van der Waals surface area contributed by atoms with E-state index in [1.165, 1.54) is 12.1 Å². The van der Waals surface area contributed by atoms with Gasteiger partial charge in [-0.1, -0.05) is 30.7 Å². The van der Waals surface area contributed by atoms with E-state index in [1.54, 1.807) is 18.2 Å². The number of halogens is 3. The van der Waals surface area contributed by atoms with Crippen LogP contribution in [0.15, 0.2) is 30.3 Å². The van der Waals surface area contributed by atoms with Crippen molar-refractivity contribution >= 4 is 23.2 Å². The first kappa shape index (κ1) is 16.8. The molecule has 124 valence electrons. The molecular formula is C19H15ClF2O2. The summed E-state index contributed by atoms with van der Waals surface area (Å²) >= 11 is 5.59. The fourth-order valence-corrected chi connectivity index (χ4v) is 3.31. The Morgan fingerprint density at radius 2 is 1.71 bits per heavy atom. The number of benzene rings is 2. The van der Waals surface area contributed by atoms with Crippen LogP contribution in [0.1, 0.15) is 36.8 Å². The molecule has 0 radical (unpaired) electrons. The Kier molecular flexibility index (Phi) is 4.50. The molecule has 0 N–H and O–H groups in total. The molecule has 0 atom stereocenters. The zero-order valence-electron chi connectivity index (χ0n) is 13.0. The number of hydrogen-bond donors (Lipinski definition) is 0. The Morgan fingerprint density at radius 1 is 1.04 bits per heavy atom. The monoisotopic (exact) mass is 348 g/mol. The van der Waals surface area contributed by atoms with E-state index in [0.29, 0.717) is 17.5 Å². The third kappa shape index (κ3) is 2.75. The molecule has 0 heterocycles. The van der Waals surface area contributed by atoms with E-state index in [1.807, 2.05) is 6.92 Å². The van der Waals surface area contributed by atoms with Crippen LogP contribution in [0.4, 0.5) is 8.78 Å². The maximum absolute atomic E-state index is 14.2. The van der Waals surface area contributed by atoms with Gasteiger partial charge in [-0.2, -0.15) is 0 Å². The lowest BCUT2D eigenvalue weighted by molar-refractivity contribution is -0.123. The Morgan fingerprint density at radius 3 is 2.33 bits per heavy atom. The van der Waals surface area contributed by atoms with Crippen molar-refractivity contribution in [2.45, 2.75) is 32.1 Å². The van der Waals surface area contributed by atoms with Crippen LogP contribution in [-0.2, 0) is 16.0 Å². The van der Waals surface area contributed by atoms with Crippen molar-refractivity contribution in [2.75, 3.05) is 0 Å². The molecule has 0 unspecified atom stereocenters. The van der Waals surface area contributed by atoms with Gasteiger partial charge in [-0.15, -0.1) is 0 Å².